The number of ether oxygens (including phenoxy) is 1. The van der Waals surface area contributed by atoms with Gasteiger partial charge < -0.3 is 14.6 Å². The number of rotatable bonds is 3. The average Bonchev–Trinajstić information content (AvgIpc) is 3.18. The van der Waals surface area contributed by atoms with Crippen molar-refractivity contribution in [2.75, 3.05) is 12.4 Å². The largest absolute Gasteiger partial charge is 0.465 e. The van der Waals surface area contributed by atoms with Crippen LogP contribution in [0.5, 0.6) is 0 Å². The fraction of sp³-hybridized carbons (Fsp3) is 0.240. The first-order valence-electron chi connectivity index (χ1n) is 10.4. The van der Waals surface area contributed by atoms with Gasteiger partial charge in [-0.2, -0.15) is 0 Å². The lowest BCUT2D eigenvalue weighted by Crippen LogP contribution is -2.29. The van der Waals surface area contributed by atoms with Crippen LogP contribution in [0.15, 0.2) is 64.3 Å². The molecule has 2 aromatic carbocycles. The Kier molecular flexibility index (Phi) is 5.10. The maximum Gasteiger partial charge on any atom is 0.337 e. The number of benzene rings is 2. The number of aromatic nitrogens is 1. The van der Waals surface area contributed by atoms with Gasteiger partial charge in [0.25, 0.3) is 0 Å². The summed E-state index contributed by atoms with van der Waals surface area (Å²) in [6.45, 7) is 1.87. The monoisotopic (exact) mass is 448 g/mol. The first kappa shape index (κ1) is 20.5. The number of anilines is 1. The quantitative estimate of drug-likeness (QED) is 0.541. The van der Waals surface area contributed by atoms with E-state index in [1.54, 1.807) is 12.1 Å². The minimum atomic E-state index is -0.400. The van der Waals surface area contributed by atoms with E-state index in [0.717, 1.165) is 33.7 Å². The second-order valence-corrected chi connectivity index (χ2v) is 8.59. The van der Waals surface area contributed by atoms with Crippen LogP contribution < -0.4 is 5.32 Å². The maximum absolute atomic E-state index is 13.5. The molecule has 0 saturated carbocycles. The van der Waals surface area contributed by atoms with Crippen molar-refractivity contribution in [3.05, 3.63) is 92.8 Å². The molecule has 2 atom stereocenters. The first-order chi connectivity index (χ1) is 15.5. The second kappa shape index (κ2) is 7.95. The molecule has 162 valence electrons. The molecule has 2 aliphatic rings. The number of methoxy groups -OCH3 is 1. The van der Waals surface area contributed by atoms with Gasteiger partial charge in [-0.1, -0.05) is 41.0 Å². The zero-order chi connectivity index (χ0) is 22.4. The number of nitrogens with zero attached hydrogens (tertiary/aromatic N) is 1. The molecule has 0 amide bonds. The number of hydrogen-bond donors (Lipinski definition) is 1. The van der Waals surface area contributed by atoms with Crippen molar-refractivity contribution >= 4 is 29.2 Å². The van der Waals surface area contributed by atoms with Gasteiger partial charge in [-0.15, -0.1) is 0 Å². The number of carbonyl (C=O) groups is 2. The molecule has 32 heavy (non-hydrogen) atoms. The topological polar surface area (TPSA) is 81.4 Å². The molecule has 5 rings (SSSR count). The van der Waals surface area contributed by atoms with Crippen LogP contribution in [0.1, 0.15) is 57.4 Å². The molecule has 1 N–H and O–H groups in total. The predicted octanol–water partition coefficient (Wildman–Crippen LogP) is 5.38. The van der Waals surface area contributed by atoms with Crippen molar-refractivity contribution in [1.29, 1.82) is 0 Å². The van der Waals surface area contributed by atoms with Crippen LogP contribution in [-0.2, 0) is 9.53 Å². The van der Waals surface area contributed by atoms with Gasteiger partial charge in [0.1, 0.15) is 0 Å². The predicted molar refractivity (Wildman–Crippen MR) is 120 cm³/mol. The zero-order valence-electron chi connectivity index (χ0n) is 17.6. The summed E-state index contributed by atoms with van der Waals surface area (Å²) < 4.78 is 10.4. The van der Waals surface area contributed by atoms with Gasteiger partial charge in [-0.3, -0.25) is 4.79 Å². The van der Waals surface area contributed by atoms with Crippen molar-refractivity contribution in [3.63, 3.8) is 0 Å². The van der Waals surface area contributed by atoms with Gasteiger partial charge in [-0.25, -0.2) is 4.79 Å². The van der Waals surface area contributed by atoms with Crippen LogP contribution in [0.3, 0.4) is 0 Å². The normalized spacial score (nSPS) is 19.8. The SMILES string of the molecule is COC(=O)c1ccc([C@@H]2C3=C(C[C@H](c4ccc(Cl)cc4)CC3=O)Nc3onc(C)c32)cc1. The van der Waals surface area contributed by atoms with Gasteiger partial charge in [-0.05, 0) is 54.7 Å². The summed E-state index contributed by atoms with van der Waals surface area (Å²) in [5.74, 6) is -0.000179. The fourth-order valence-electron chi connectivity index (χ4n) is 4.71. The molecule has 0 spiro atoms. The number of halogens is 1. The number of aryl methyl sites for hydroxylation is 1. The number of fused-ring (bicyclic) bond motifs is 1. The number of nitrogens with one attached hydrogen (secondary N) is 1. The number of allylic oxidation sites excluding steroid dienone is 2. The summed E-state index contributed by atoms with van der Waals surface area (Å²) in [7, 11) is 1.35. The fourth-order valence-corrected chi connectivity index (χ4v) is 4.83. The van der Waals surface area contributed by atoms with Crippen molar-refractivity contribution in [1.82, 2.24) is 5.16 Å². The number of hydrogen-bond acceptors (Lipinski definition) is 6. The molecule has 0 radical (unpaired) electrons. The highest BCUT2D eigenvalue weighted by atomic mass is 35.5. The van der Waals surface area contributed by atoms with Gasteiger partial charge in [0.15, 0.2) is 5.78 Å². The van der Waals surface area contributed by atoms with Gasteiger partial charge in [0, 0.05) is 28.6 Å². The smallest absolute Gasteiger partial charge is 0.337 e. The molecule has 3 aromatic rings. The van der Waals surface area contributed by atoms with E-state index in [0.29, 0.717) is 29.3 Å². The highest BCUT2D eigenvalue weighted by Crippen LogP contribution is 2.49. The maximum atomic E-state index is 13.5. The summed E-state index contributed by atoms with van der Waals surface area (Å²) in [5.41, 5.74) is 5.61. The average molecular weight is 449 g/mol. The van der Waals surface area contributed by atoms with Crippen LogP contribution in [-0.4, -0.2) is 24.0 Å². The summed E-state index contributed by atoms with van der Waals surface area (Å²) in [5, 5.41) is 8.14. The summed E-state index contributed by atoms with van der Waals surface area (Å²) >= 11 is 6.04. The van der Waals surface area contributed by atoms with Crippen molar-refractivity contribution in [3.8, 4) is 0 Å². The van der Waals surface area contributed by atoms with E-state index in [-0.39, 0.29) is 17.6 Å². The first-order valence-corrected chi connectivity index (χ1v) is 10.8. The van der Waals surface area contributed by atoms with Gasteiger partial charge in [0.2, 0.25) is 5.88 Å². The number of carbonyl (C=O) groups excluding carboxylic acids is 2. The van der Waals surface area contributed by atoms with E-state index in [9.17, 15) is 9.59 Å². The molecule has 1 aliphatic carbocycles. The van der Waals surface area contributed by atoms with E-state index >= 15 is 0 Å². The van der Waals surface area contributed by atoms with E-state index in [1.807, 2.05) is 43.3 Å². The van der Waals surface area contributed by atoms with Crippen LogP contribution in [0.25, 0.3) is 0 Å². The Morgan fingerprint density at radius 1 is 1.09 bits per heavy atom. The molecular formula is C25H21ClN2O4. The summed E-state index contributed by atoms with van der Waals surface area (Å²) in [6, 6.07) is 14.8. The summed E-state index contributed by atoms with van der Waals surface area (Å²) in [6.07, 6.45) is 1.09. The standard InChI is InChI=1S/C25H21ClN2O4/c1-13-21-22(15-3-5-16(6-4-15)25(30)31-2)23-19(27-24(21)32-28-13)11-17(12-20(23)29)14-7-9-18(26)10-8-14/h3-10,17,22,27H,11-12H2,1-2H3/t17-,22-/m0/s1. The minimum Gasteiger partial charge on any atom is -0.465 e. The Morgan fingerprint density at radius 3 is 2.47 bits per heavy atom. The lowest BCUT2D eigenvalue weighted by molar-refractivity contribution is -0.116. The molecule has 0 fully saturated rings. The molecule has 6 nitrogen and oxygen atoms in total. The van der Waals surface area contributed by atoms with Crippen LogP contribution in [0.2, 0.25) is 5.02 Å². The molecule has 1 aliphatic heterocycles. The number of esters is 1. The molecule has 1 aromatic heterocycles. The Balaban J connectivity index is 1.57. The van der Waals surface area contributed by atoms with E-state index in [2.05, 4.69) is 10.5 Å². The van der Waals surface area contributed by atoms with Crippen molar-refractivity contribution < 1.29 is 18.8 Å². The Labute approximate surface area is 190 Å². The van der Waals surface area contributed by atoms with Crippen LogP contribution >= 0.6 is 11.6 Å². The van der Waals surface area contributed by atoms with Crippen LogP contribution in [0, 0.1) is 6.92 Å². The van der Waals surface area contributed by atoms with Gasteiger partial charge >= 0.3 is 5.97 Å². The third-order valence-corrected chi connectivity index (χ3v) is 6.52. The minimum absolute atomic E-state index is 0.0546. The molecular weight excluding hydrogens is 428 g/mol. The molecule has 2 heterocycles. The molecule has 0 bridgehead atoms. The molecule has 0 saturated heterocycles. The van der Waals surface area contributed by atoms with E-state index in [1.165, 1.54) is 7.11 Å². The van der Waals surface area contributed by atoms with E-state index in [4.69, 9.17) is 20.9 Å². The lowest BCUT2D eigenvalue weighted by Gasteiger charge is -2.34. The Bertz CT molecular complexity index is 1240. The second-order valence-electron chi connectivity index (χ2n) is 8.15. The third kappa shape index (κ3) is 3.41. The van der Waals surface area contributed by atoms with Crippen molar-refractivity contribution in [2.45, 2.75) is 31.6 Å². The number of Topliss-reactive ketones (excluding diaryl/α,β-unsaturated/α-hetero) is 1. The zero-order valence-corrected chi connectivity index (χ0v) is 18.4. The highest BCUT2D eigenvalue weighted by molar-refractivity contribution is 6.30. The van der Waals surface area contributed by atoms with Gasteiger partial charge in [0.05, 0.1) is 23.9 Å². The van der Waals surface area contributed by atoms with Crippen molar-refractivity contribution in [2.24, 2.45) is 0 Å². The Morgan fingerprint density at radius 2 is 1.78 bits per heavy atom. The van der Waals surface area contributed by atoms with Crippen LogP contribution in [0.4, 0.5) is 5.88 Å². The van der Waals surface area contributed by atoms with E-state index < -0.39 is 5.97 Å². The Hall–Kier alpha value is -3.38. The highest BCUT2D eigenvalue weighted by Gasteiger charge is 2.41. The third-order valence-electron chi connectivity index (χ3n) is 6.26. The molecule has 7 heteroatoms. The lowest BCUT2D eigenvalue weighted by atomic mass is 9.72. The number of ketones is 1. The molecule has 0 unspecified atom stereocenters. The summed E-state index contributed by atoms with van der Waals surface area (Å²) in [4.78, 5) is 25.3.